The summed E-state index contributed by atoms with van der Waals surface area (Å²) in [6.45, 7) is 2.13. The molecule has 1 aromatic heterocycles. The number of amides is 2. The van der Waals surface area contributed by atoms with Crippen molar-refractivity contribution >= 4 is 23.1 Å². The van der Waals surface area contributed by atoms with Crippen LogP contribution < -0.4 is 5.76 Å². The Bertz CT molecular complexity index is 861. The molecule has 2 fully saturated rings. The third-order valence-corrected chi connectivity index (χ3v) is 4.72. The van der Waals surface area contributed by atoms with Crippen LogP contribution in [0.3, 0.4) is 0 Å². The number of benzene rings is 1. The summed E-state index contributed by atoms with van der Waals surface area (Å²) >= 11 is 0. The molecule has 0 aliphatic carbocycles. The van der Waals surface area contributed by atoms with Crippen molar-refractivity contribution < 1.29 is 19.1 Å². The maximum absolute atomic E-state index is 12.5. The number of H-pyrrole nitrogens is 1. The van der Waals surface area contributed by atoms with Crippen molar-refractivity contribution in [3.05, 3.63) is 34.3 Å². The number of hydrogen-bond acceptors (Lipinski definition) is 4. The van der Waals surface area contributed by atoms with Gasteiger partial charge in [0.2, 0.25) is 0 Å². The van der Waals surface area contributed by atoms with Crippen LogP contribution in [0.4, 0.5) is 4.79 Å². The fraction of sp³-hybridized carbons (Fsp3) is 0.400. The largest absolute Gasteiger partial charge is 0.465 e. The quantitative estimate of drug-likeness (QED) is 0.814. The minimum absolute atomic E-state index is 0.0984. The summed E-state index contributed by atoms with van der Waals surface area (Å²) in [7, 11) is 0. The van der Waals surface area contributed by atoms with Gasteiger partial charge in [-0.15, -0.1) is 0 Å². The molecule has 0 bridgehead atoms. The molecule has 1 spiro atoms. The first-order valence-electron chi connectivity index (χ1n) is 7.36. The third kappa shape index (κ3) is 2.18. The number of nitrogens with one attached hydrogen (secondary N) is 1. The molecule has 4 rings (SSSR count). The molecule has 0 unspecified atom stereocenters. The Hall–Kier alpha value is -2.77. The Morgan fingerprint density at radius 2 is 1.96 bits per heavy atom. The highest BCUT2D eigenvalue weighted by molar-refractivity contribution is 5.97. The van der Waals surface area contributed by atoms with Gasteiger partial charge < -0.3 is 19.3 Å². The maximum Gasteiger partial charge on any atom is 0.417 e. The van der Waals surface area contributed by atoms with Crippen LogP contribution in [0.15, 0.2) is 27.4 Å². The molecular weight excluding hydrogens is 302 g/mol. The molecule has 120 valence electrons. The van der Waals surface area contributed by atoms with Crippen LogP contribution >= 0.6 is 0 Å². The lowest BCUT2D eigenvalue weighted by Crippen LogP contribution is -2.59. The molecule has 23 heavy (non-hydrogen) atoms. The number of carboxylic acid groups (broad SMARTS) is 1. The van der Waals surface area contributed by atoms with Crippen LogP contribution in [0, 0.1) is 5.41 Å². The van der Waals surface area contributed by atoms with E-state index in [2.05, 4.69) is 4.98 Å². The smallest absolute Gasteiger partial charge is 0.417 e. The fourth-order valence-corrected chi connectivity index (χ4v) is 3.52. The van der Waals surface area contributed by atoms with Gasteiger partial charge >= 0.3 is 11.8 Å². The van der Waals surface area contributed by atoms with Crippen LogP contribution in [0.5, 0.6) is 0 Å². The summed E-state index contributed by atoms with van der Waals surface area (Å²) in [6.07, 6.45) is -0.117. The molecule has 2 aliphatic heterocycles. The van der Waals surface area contributed by atoms with E-state index >= 15 is 0 Å². The van der Waals surface area contributed by atoms with Gasteiger partial charge in [0.15, 0.2) is 5.58 Å². The highest BCUT2D eigenvalue weighted by Gasteiger charge is 2.50. The zero-order valence-corrected chi connectivity index (χ0v) is 12.2. The van der Waals surface area contributed by atoms with Crippen molar-refractivity contribution in [2.45, 2.75) is 6.42 Å². The second kappa shape index (κ2) is 4.61. The summed E-state index contributed by atoms with van der Waals surface area (Å²) in [5, 5.41) is 9.03. The van der Waals surface area contributed by atoms with Crippen molar-refractivity contribution in [3.8, 4) is 0 Å². The van der Waals surface area contributed by atoms with Crippen molar-refractivity contribution in [2.75, 3.05) is 26.2 Å². The van der Waals surface area contributed by atoms with Crippen molar-refractivity contribution in [1.29, 1.82) is 0 Å². The van der Waals surface area contributed by atoms with Gasteiger partial charge in [-0.25, -0.2) is 9.59 Å². The monoisotopic (exact) mass is 317 g/mol. The predicted molar refractivity (Wildman–Crippen MR) is 79.4 cm³/mol. The number of nitrogens with zero attached hydrogens (tertiary/aromatic N) is 2. The number of fused-ring (bicyclic) bond motifs is 1. The zero-order valence-electron chi connectivity index (χ0n) is 12.2. The molecule has 0 atom stereocenters. The lowest BCUT2D eigenvalue weighted by atomic mass is 9.78. The minimum atomic E-state index is -0.903. The van der Waals surface area contributed by atoms with Gasteiger partial charge in [0.05, 0.1) is 5.52 Å². The Labute approximate surface area is 130 Å². The summed E-state index contributed by atoms with van der Waals surface area (Å²) in [6, 6.07) is 4.85. The van der Waals surface area contributed by atoms with Gasteiger partial charge in [0, 0.05) is 37.2 Å². The Balaban J connectivity index is 1.48. The number of oxazole rings is 1. The summed E-state index contributed by atoms with van der Waals surface area (Å²) in [4.78, 5) is 40.3. The Morgan fingerprint density at radius 1 is 1.22 bits per heavy atom. The van der Waals surface area contributed by atoms with E-state index in [0.29, 0.717) is 42.8 Å². The highest BCUT2D eigenvalue weighted by Crippen LogP contribution is 2.40. The summed E-state index contributed by atoms with van der Waals surface area (Å²) < 4.78 is 4.97. The van der Waals surface area contributed by atoms with Crippen LogP contribution in [-0.4, -0.2) is 58.1 Å². The van der Waals surface area contributed by atoms with Gasteiger partial charge in [-0.1, -0.05) is 0 Å². The van der Waals surface area contributed by atoms with Crippen LogP contribution in [-0.2, 0) is 0 Å². The second-order valence-electron chi connectivity index (χ2n) is 6.34. The SMILES string of the molecule is O=C(O)N1CCC2(C1)CN(C(=O)c1ccc3[nH]c(=O)oc3c1)C2. The van der Waals surface area contributed by atoms with E-state index in [1.165, 1.54) is 4.90 Å². The lowest BCUT2D eigenvalue weighted by molar-refractivity contribution is 0.0114. The van der Waals surface area contributed by atoms with Gasteiger partial charge in [-0.05, 0) is 24.6 Å². The van der Waals surface area contributed by atoms with Crippen LogP contribution in [0.1, 0.15) is 16.8 Å². The van der Waals surface area contributed by atoms with Crippen LogP contribution in [0.25, 0.3) is 11.1 Å². The molecule has 0 radical (unpaired) electrons. The molecule has 2 aliphatic rings. The van der Waals surface area contributed by atoms with E-state index < -0.39 is 11.8 Å². The van der Waals surface area contributed by atoms with Gasteiger partial charge in [0.25, 0.3) is 5.91 Å². The summed E-state index contributed by atoms with van der Waals surface area (Å²) in [5.41, 5.74) is 1.27. The highest BCUT2D eigenvalue weighted by atomic mass is 16.4. The molecule has 8 heteroatoms. The average molecular weight is 317 g/mol. The van der Waals surface area contributed by atoms with Gasteiger partial charge in [-0.3, -0.25) is 9.78 Å². The number of carbonyl (C=O) groups excluding carboxylic acids is 1. The zero-order chi connectivity index (χ0) is 16.2. The predicted octanol–water partition coefficient (Wildman–Crippen LogP) is 0.947. The number of likely N-dealkylation sites (tertiary alicyclic amines) is 2. The lowest BCUT2D eigenvalue weighted by Gasteiger charge is -2.47. The third-order valence-electron chi connectivity index (χ3n) is 4.72. The minimum Gasteiger partial charge on any atom is -0.465 e. The van der Waals surface area contributed by atoms with Crippen molar-refractivity contribution in [2.24, 2.45) is 5.41 Å². The van der Waals surface area contributed by atoms with Crippen molar-refractivity contribution in [1.82, 2.24) is 14.8 Å². The Morgan fingerprint density at radius 3 is 2.65 bits per heavy atom. The maximum atomic E-state index is 12.5. The summed E-state index contributed by atoms with van der Waals surface area (Å²) in [5.74, 6) is -0.678. The molecule has 8 nitrogen and oxygen atoms in total. The van der Waals surface area contributed by atoms with Crippen LogP contribution in [0.2, 0.25) is 0 Å². The van der Waals surface area contributed by atoms with Crippen molar-refractivity contribution in [3.63, 3.8) is 0 Å². The van der Waals surface area contributed by atoms with E-state index in [4.69, 9.17) is 9.52 Å². The number of aromatic amines is 1. The average Bonchev–Trinajstić information content (AvgIpc) is 3.06. The number of carbonyl (C=O) groups is 2. The fourth-order valence-electron chi connectivity index (χ4n) is 3.52. The first-order chi connectivity index (χ1) is 11.0. The molecule has 3 heterocycles. The molecule has 2 amide bonds. The van der Waals surface area contributed by atoms with E-state index in [9.17, 15) is 14.4 Å². The molecular formula is C15H15N3O5. The van der Waals surface area contributed by atoms with E-state index in [1.807, 2.05) is 0 Å². The Kier molecular flexibility index (Phi) is 2.78. The second-order valence-corrected chi connectivity index (χ2v) is 6.34. The topological polar surface area (TPSA) is 107 Å². The molecule has 2 N–H and O–H groups in total. The van der Waals surface area contributed by atoms with E-state index in [-0.39, 0.29) is 11.3 Å². The number of aromatic nitrogens is 1. The first kappa shape index (κ1) is 13.9. The van der Waals surface area contributed by atoms with Gasteiger partial charge in [-0.2, -0.15) is 0 Å². The molecule has 2 saturated heterocycles. The normalized spacial score (nSPS) is 19.3. The molecule has 0 saturated carbocycles. The molecule has 1 aromatic carbocycles. The first-order valence-corrected chi connectivity index (χ1v) is 7.36. The number of hydrogen-bond donors (Lipinski definition) is 2. The standard InChI is InChI=1S/C15H15N3O5/c19-12(9-1-2-10-11(5-9)23-13(20)16-10)18-7-15(8-18)3-4-17(6-15)14(21)22/h1-2,5H,3-4,6-8H2,(H,16,20)(H,21,22). The van der Waals surface area contributed by atoms with Gasteiger partial charge in [0.1, 0.15) is 0 Å². The van der Waals surface area contributed by atoms with E-state index in [1.54, 1.807) is 23.1 Å². The van der Waals surface area contributed by atoms with E-state index in [0.717, 1.165) is 6.42 Å². The number of rotatable bonds is 1. The molecule has 2 aromatic rings.